The van der Waals surface area contributed by atoms with Crippen molar-refractivity contribution in [1.82, 2.24) is 19.6 Å². The Labute approximate surface area is 213 Å². The molecule has 184 valence electrons. The number of benzene rings is 3. The summed E-state index contributed by atoms with van der Waals surface area (Å²) >= 11 is 0. The largest absolute Gasteiger partial charge is 0.481 e. The van der Waals surface area contributed by atoms with Gasteiger partial charge in [-0.05, 0) is 55.8 Å². The van der Waals surface area contributed by atoms with Crippen LogP contribution in [-0.2, 0) is 0 Å². The van der Waals surface area contributed by atoms with E-state index in [1.807, 2.05) is 92.7 Å². The highest BCUT2D eigenvalue weighted by atomic mass is 16.5. The summed E-state index contributed by atoms with van der Waals surface area (Å²) < 4.78 is 8.69. The number of terminal acetylenes is 1. The van der Waals surface area contributed by atoms with E-state index in [0.717, 1.165) is 5.56 Å². The fourth-order valence-corrected chi connectivity index (χ4v) is 4.70. The first-order valence-electron chi connectivity index (χ1n) is 11.9. The van der Waals surface area contributed by atoms with Crippen molar-refractivity contribution in [3.8, 4) is 29.5 Å². The maximum atomic E-state index is 13.9. The summed E-state index contributed by atoms with van der Waals surface area (Å²) in [5, 5.41) is 6.41. The summed E-state index contributed by atoms with van der Waals surface area (Å²) in [6.07, 6.45) is 5.38. The molecule has 5 rings (SSSR count). The first-order chi connectivity index (χ1) is 18.0. The van der Waals surface area contributed by atoms with Crippen molar-refractivity contribution in [2.24, 2.45) is 0 Å². The van der Waals surface area contributed by atoms with Gasteiger partial charge in [-0.2, -0.15) is 0 Å². The van der Waals surface area contributed by atoms with Crippen molar-refractivity contribution < 1.29 is 4.74 Å². The molecular formula is C30H26N4O3. The van der Waals surface area contributed by atoms with Gasteiger partial charge in [-0.3, -0.25) is 19.8 Å². The van der Waals surface area contributed by atoms with Crippen molar-refractivity contribution in [3.05, 3.63) is 134 Å². The van der Waals surface area contributed by atoms with Gasteiger partial charge in [0, 0.05) is 17.3 Å². The van der Waals surface area contributed by atoms with Crippen LogP contribution in [0.4, 0.5) is 0 Å². The summed E-state index contributed by atoms with van der Waals surface area (Å²) in [6, 6.07) is 26.1. The molecular weight excluding hydrogens is 464 g/mol. The Balaban J connectivity index is 1.76. The molecule has 0 aliphatic carbocycles. The number of aromatic nitrogens is 4. The fraction of sp³-hybridized carbons (Fsp3) is 0.133. The Morgan fingerprint density at radius 3 is 1.78 bits per heavy atom. The summed E-state index contributed by atoms with van der Waals surface area (Å²) in [4.78, 5) is 27.8. The molecule has 0 fully saturated rings. The van der Waals surface area contributed by atoms with Crippen molar-refractivity contribution in [1.29, 1.82) is 0 Å². The molecule has 3 aromatic carbocycles. The number of nitrogens with one attached hydrogen (secondary N) is 2. The van der Waals surface area contributed by atoms with E-state index in [2.05, 4.69) is 16.1 Å². The van der Waals surface area contributed by atoms with Gasteiger partial charge < -0.3 is 4.74 Å². The summed E-state index contributed by atoms with van der Waals surface area (Å²) in [5.74, 6) is 2.38. The Hall–Kier alpha value is -4.96. The van der Waals surface area contributed by atoms with Crippen LogP contribution in [0.25, 0.3) is 11.4 Å². The molecule has 0 aliphatic heterocycles. The van der Waals surface area contributed by atoms with Crippen LogP contribution in [0, 0.1) is 26.2 Å². The predicted octanol–water partition coefficient (Wildman–Crippen LogP) is 4.45. The first-order valence-corrected chi connectivity index (χ1v) is 11.9. The summed E-state index contributed by atoms with van der Waals surface area (Å²) in [6.45, 7) is 3.81. The summed E-state index contributed by atoms with van der Waals surface area (Å²) in [5.41, 5.74) is 4.01. The Bertz CT molecular complexity index is 1600. The maximum Gasteiger partial charge on any atom is 0.275 e. The molecule has 2 heterocycles. The Morgan fingerprint density at radius 1 is 0.784 bits per heavy atom. The molecule has 0 aliphatic rings. The van der Waals surface area contributed by atoms with E-state index in [1.54, 1.807) is 6.07 Å². The number of nitrogens with zero attached hydrogens (tertiary/aromatic N) is 2. The van der Waals surface area contributed by atoms with E-state index >= 15 is 0 Å². The van der Waals surface area contributed by atoms with Crippen molar-refractivity contribution >= 4 is 0 Å². The SMILES string of the molecule is C#CCOc1cccc(C(c2c(C)[nH]n(-c3ccccc3)c2=O)c2c(C)[nH]n(-c3ccccc3)c2=O)c1. The van der Waals surface area contributed by atoms with Crippen LogP contribution in [0.5, 0.6) is 5.75 Å². The molecule has 2 aromatic heterocycles. The highest BCUT2D eigenvalue weighted by Crippen LogP contribution is 2.33. The number of hydrogen-bond acceptors (Lipinski definition) is 3. The molecule has 0 saturated heterocycles. The van der Waals surface area contributed by atoms with Crippen LogP contribution in [0.1, 0.15) is 34.0 Å². The van der Waals surface area contributed by atoms with Crippen LogP contribution in [0.15, 0.2) is 94.5 Å². The third kappa shape index (κ3) is 4.41. The lowest BCUT2D eigenvalue weighted by Crippen LogP contribution is -2.25. The van der Waals surface area contributed by atoms with Gasteiger partial charge in [0.05, 0.1) is 22.5 Å². The molecule has 2 N–H and O–H groups in total. The number of aryl methyl sites for hydroxylation is 2. The van der Waals surface area contributed by atoms with Gasteiger partial charge in [-0.25, -0.2) is 9.36 Å². The van der Waals surface area contributed by atoms with Crippen molar-refractivity contribution in [3.63, 3.8) is 0 Å². The third-order valence-corrected chi connectivity index (χ3v) is 6.35. The van der Waals surface area contributed by atoms with Gasteiger partial charge in [0.15, 0.2) is 0 Å². The van der Waals surface area contributed by atoms with Crippen LogP contribution in [-0.4, -0.2) is 26.2 Å². The van der Waals surface area contributed by atoms with E-state index in [4.69, 9.17) is 11.2 Å². The smallest absolute Gasteiger partial charge is 0.275 e. The number of H-pyrrole nitrogens is 2. The number of para-hydroxylation sites is 2. The van der Waals surface area contributed by atoms with Gasteiger partial charge in [0.1, 0.15) is 12.4 Å². The zero-order chi connectivity index (χ0) is 25.9. The van der Waals surface area contributed by atoms with Crippen LogP contribution in [0.2, 0.25) is 0 Å². The Kier molecular flexibility index (Phi) is 6.40. The third-order valence-electron chi connectivity index (χ3n) is 6.35. The average Bonchev–Trinajstić information content (AvgIpc) is 3.39. The Morgan fingerprint density at radius 2 is 1.30 bits per heavy atom. The molecule has 0 unspecified atom stereocenters. The minimum atomic E-state index is -0.656. The van der Waals surface area contributed by atoms with Gasteiger partial charge in [-0.1, -0.05) is 54.5 Å². The number of aromatic amines is 2. The molecule has 7 nitrogen and oxygen atoms in total. The monoisotopic (exact) mass is 490 g/mol. The molecule has 37 heavy (non-hydrogen) atoms. The molecule has 5 aromatic rings. The molecule has 0 bridgehead atoms. The van der Waals surface area contributed by atoms with E-state index in [9.17, 15) is 9.59 Å². The first kappa shape index (κ1) is 23.8. The lowest BCUT2D eigenvalue weighted by molar-refractivity contribution is 0.370. The maximum absolute atomic E-state index is 13.9. The van der Waals surface area contributed by atoms with E-state index in [1.165, 1.54) is 9.36 Å². The minimum absolute atomic E-state index is 0.113. The predicted molar refractivity (Wildman–Crippen MR) is 144 cm³/mol. The molecule has 0 saturated carbocycles. The number of hydrogen-bond donors (Lipinski definition) is 2. The van der Waals surface area contributed by atoms with E-state index in [-0.39, 0.29) is 17.7 Å². The molecule has 7 heteroatoms. The molecule has 0 amide bonds. The summed E-state index contributed by atoms with van der Waals surface area (Å²) in [7, 11) is 0. The van der Waals surface area contributed by atoms with Crippen molar-refractivity contribution in [2.45, 2.75) is 19.8 Å². The van der Waals surface area contributed by atoms with Gasteiger partial charge in [0.25, 0.3) is 11.1 Å². The van der Waals surface area contributed by atoms with Crippen LogP contribution >= 0.6 is 0 Å². The zero-order valence-corrected chi connectivity index (χ0v) is 20.6. The fourth-order valence-electron chi connectivity index (χ4n) is 4.70. The minimum Gasteiger partial charge on any atom is -0.481 e. The molecule has 0 spiro atoms. The van der Waals surface area contributed by atoms with Gasteiger partial charge >= 0.3 is 0 Å². The molecule has 0 atom stereocenters. The second kappa shape index (κ2) is 9.96. The van der Waals surface area contributed by atoms with E-state index < -0.39 is 5.92 Å². The second-order valence-corrected chi connectivity index (χ2v) is 8.75. The van der Waals surface area contributed by atoms with Crippen LogP contribution < -0.4 is 15.9 Å². The topological polar surface area (TPSA) is 84.8 Å². The quantitative estimate of drug-likeness (QED) is 0.331. The zero-order valence-electron chi connectivity index (χ0n) is 20.6. The average molecular weight is 491 g/mol. The normalized spacial score (nSPS) is 11.0. The standard InChI is InChI=1S/C30H26N4O3/c1-4-18-37-25-17-11-12-22(19-25)28(26-20(2)31-33(29(26)35)23-13-7-5-8-14-23)27-21(3)32-34(30(27)36)24-15-9-6-10-16-24/h1,5-17,19,28,31-32H,18H2,2-3H3. The van der Waals surface area contributed by atoms with Crippen molar-refractivity contribution in [2.75, 3.05) is 6.61 Å². The highest BCUT2D eigenvalue weighted by molar-refractivity contribution is 5.49. The number of ether oxygens (including phenoxy) is 1. The lowest BCUT2D eigenvalue weighted by Gasteiger charge is -2.17. The molecule has 0 radical (unpaired) electrons. The van der Waals surface area contributed by atoms with E-state index in [0.29, 0.717) is 39.6 Å². The second-order valence-electron chi connectivity index (χ2n) is 8.75. The van der Waals surface area contributed by atoms with Gasteiger partial charge in [-0.15, -0.1) is 6.42 Å². The highest BCUT2D eigenvalue weighted by Gasteiger charge is 2.31. The lowest BCUT2D eigenvalue weighted by atomic mass is 9.85. The van der Waals surface area contributed by atoms with Gasteiger partial charge in [0.2, 0.25) is 0 Å². The number of rotatable bonds is 7. The van der Waals surface area contributed by atoms with Crippen LogP contribution in [0.3, 0.4) is 0 Å².